The summed E-state index contributed by atoms with van der Waals surface area (Å²) in [6, 6.07) is 1.30. The lowest BCUT2D eigenvalue weighted by Gasteiger charge is -2.42. The first-order valence-electron chi connectivity index (χ1n) is 15.1. The molecule has 2 fully saturated rings. The van der Waals surface area contributed by atoms with E-state index in [0.29, 0.717) is 56.4 Å². The standard InChI is InChI=1S/C31H41F4N7O2/c1-7-26(43)41-8-9-42(19(4)14-41)29-23-10-17(2)22(28-27(31(33,34)35)18(3)11-25(36-5)38-28)13-24(23)37-30(39-29)44-16-21-12-20(32)15-40(21)6/h7,11,17,19-22H,1,8-10,12-16H2,2-6H3,(H,36,38)/t17-,19-,20+,21-,22-/m0/s1. The second-order valence-electron chi connectivity index (χ2n) is 12.3. The third-order valence-corrected chi connectivity index (χ3v) is 9.24. The minimum Gasteiger partial charge on any atom is -0.462 e. The highest BCUT2D eigenvalue weighted by molar-refractivity contribution is 5.87. The van der Waals surface area contributed by atoms with E-state index < -0.39 is 23.8 Å². The number of carbonyl (C=O) groups is 1. The topological polar surface area (TPSA) is 86.7 Å². The van der Waals surface area contributed by atoms with Crippen molar-refractivity contribution in [3.63, 3.8) is 0 Å². The first-order chi connectivity index (χ1) is 20.8. The number of hydrogen-bond acceptors (Lipinski definition) is 8. The van der Waals surface area contributed by atoms with Crippen LogP contribution in [-0.4, -0.2) is 95.8 Å². The summed E-state index contributed by atoms with van der Waals surface area (Å²) < 4.78 is 63.2. The lowest BCUT2D eigenvalue weighted by atomic mass is 9.75. The molecule has 5 atom stereocenters. The fourth-order valence-electron chi connectivity index (χ4n) is 6.86. The Labute approximate surface area is 255 Å². The number of rotatable bonds is 7. The molecule has 0 bridgehead atoms. The van der Waals surface area contributed by atoms with Crippen LogP contribution in [0.2, 0.25) is 0 Å². The van der Waals surface area contributed by atoms with Gasteiger partial charge in [-0.1, -0.05) is 13.5 Å². The summed E-state index contributed by atoms with van der Waals surface area (Å²) >= 11 is 0. The number of fused-ring (bicyclic) bond motifs is 1. The summed E-state index contributed by atoms with van der Waals surface area (Å²) in [7, 11) is 3.48. The number of carbonyl (C=O) groups excluding carboxylic acids is 1. The number of nitrogens with one attached hydrogen (secondary N) is 1. The molecule has 2 saturated heterocycles. The Balaban J connectivity index is 1.54. The van der Waals surface area contributed by atoms with Gasteiger partial charge in [0.2, 0.25) is 5.91 Å². The predicted molar refractivity (Wildman–Crippen MR) is 160 cm³/mol. The highest BCUT2D eigenvalue weighted by Crippen LogP contribution is 2.45. The smallest absolute Gasteiger partial charge is 0.418 e. The third kappa shape index (κ3) is 6.33. The van der Waals surface area contributed by atoms with Crippen molar-refractivity contribution in [2.45, 2.75) is 70.4 Å². The van der Waals surface area contributed by atoms with Gasteiger partial charge in [-0.2, -0.15) is 23.1 Å². The minimum atomic E-state index is -4.57. The van der Waals surface area contributed by atoms with Crippen LogP contribution in [0, 0.1) is 12.8 Å². The first kappa shape index (κ1) is 31.9. The van der Waals surface area contributed by atoms with E-state index in [0.717, 1.165) is 5.56 Å². The maximum absolute atomic E-state index is 14.4. The Kier molecular flexibility index (Phi) is 9.06. The maximum atomic E-state index is 14.4. The van der Waals surface area contributed by atoms with Gasteiger partial charge in [-0.05, 0) is 63.8 Å². The SMILES string of the molecule is C=CC(=O)N1CCN(c2nc(OC[C@@H]3C[C@@H](F)CN3C)nc3c2C[C@H](C)[C@@H](c2nc(NC)cc(C)c2C(F)(F)F)C3)[C@@H](C)C1. The quantitative estimate of drug-likeness (QED) is 0.361. The van der Waals surface area contributed by atoms with Gasteiger partial charge in [0.05, 0.1) is 17.0 Å². The Morgan fingerprint density at radius 2 is 1.93 bits per heavy atom. The van der Waals surface area contributed by atoms with Crippen molar-refractivity contribution in [2.75, 3.05) is 57.1 Å². The second-order valence-corrected chi connectivity index (χ2v) is 12.3. The molecule has 5 rings (SSSR count). The van der Waals surface area contributed by atoms with Crippen LogP contribution in [0.1, 0.15) is 54.3 Å². The molecule has 0 spiro atoms. The lowest BCUT2D eigenvalue weighted by Crippen LogP contribution is -2.54. The van der Waals surface area contributed by atoms with E-state index in [1.54, 1.807) is 11.9 Å². The Morgan fingerprint density at radius 1 is 1.18 bits per heavy atom. The van der Waals surface area contributed by atoms with Gasteiger partial charge in [-0.3, -0.25) is 9.69 Å². The van der Waals surface area contributed by atoms with E-state index >= 15 is 0 Å². The van der Waals surface area contributed by atoms with Gasteiger partial charge in [0, 0.05) is 56.8 Å². The molecule has 240 valence electrons. The summed E-state index contributed by atoms with van der Waals surface area (Å²) in [4.78, 5) is 32.1. The number of aryl methyl sites for hydroxylation is 1. The second kappa shape index (κ2) is 12.5. The minimum absolute atomic E-state index is 0.00844. The van der Waals surface area contributed by atoms with E-state index in [1.165, 1.54) is 19.1 Å². The molecule has 1 N–H and O–H groups in total. The number of anilines is 2. The number of piperazine rings is 1. The Hall–Kier alpha value is -3.48. The van der Waals surface area contributed by atoms with Crippen LogP contribution in [0.5, 0.6) is 6.01 Å². The van der Waals surface area contributed by atoms with Gasteiger partial charge in [0.25, 0.3) is 0 Å². The summed E-state index contributed by atoms with van der Waals surface area (Å²) in [5, 5.41) is 2.90. The molecule has 2 aromatic rings. The molecule has 4 heterocycles. The highest BCUT2D eigenvalue weighted by atomic mass is 19.4. The van der Waals surface area contributed by atoms with E-state index in [9.17, 15) is 22.4 Å². The van der Waals surface area contributed by atoms with Crippen LogP contribution in [0.4, 0.5) is 29.2 Å². The van der Waals surface area contributed by atoms with E-state index in [2.05, 4.69) is 21.8 Å². The molecule has 44 heavy (non-hydrogen) atoms. The molecule has 2 aliphatic heterocycles. The van der Waals surface area contributed by atoms with Gasteiger partial charge < -0.3 is 19.9 Å². The van der Waals surface area contributed by atoms with Gasteiger partial charge >= 0.3 is 12.2 Å². The molecule has 9 nitrogen and oxygen atoms in total. The maximum Gasteiger partial charge on any atom is 0.418 e. The lowest BCUT2D eigenvalue weighted by molar-refractivity contribution is -0.139. The summed E-state index contributed by atoms with van der Waals surface area (Å²) in [6.45, 7) is 11.0. The van der Waals surface area contributed by atoms with Crippen LogP contribution >= 0.6 is 0 Å². The molecule has 0 radical (unpaired) electrons. The number of likely N-dealkylation sites (tertiary alicyclic amines) is 1. The first-order valence-corrected chi connectivity index (χ1v) is 15.1. The zero-order valence-corrected chi connectivity index (χ0v) is 25.9. The summed E-state index contributed by atoms with van der Waals surface area (Å²) in [5.41, 5.74) is 0.909. The van der Waals surface area contributed by atoms with E-state index in [1.807, 2.05) is 25.8 Å². The molecular formula is C31H41F4N7O2. The largest absolute Gasteiger partial charge is 0.462 e. The Morgan fingerprint density at radius 3 is 2.55 bits per heavy atom. The molecule has 1 aliphatic carbocycles. The number of pyridine rings is 1. The van der Waals surface area contributed by atoms with Crippen LogP contribution in [0.3, 0.4) is 0 Å². The van der Waals surface area contributed by atoms with Crippen molar-refractivity contribution in [3.05, 3.63) is 46.8 Å². The number of hydrogen-bond donors (Lipinski definition) is 1. The monoisotopic (exact) mass is 619 g/mol. The fraction of sp³-hybridized carbons (Fsp3) is 0.613. The van der Waals surface area contributed by atoms with Gasteiger partial charge in [-0.25, -0.2) is 9.37 Å². The molecule has 0 saturated carbocycles. The van der Waals surface area contributed by atoms with Gasteiger partial charge in [0.15, 0.2) is 0 Å². The summed E-state index contributed by atoms with van der Waals surface area (Å²) in [5.74, 6) is 0.170. The van der Waals surface area contributed by atoms with Crippen LogP contribution < -0.4 is 15.0 Å². The normalized spacial score (nSPS) is 26.0. The average molecular weight is 620 g/mol. The number of alkyl halides is 4. The molecule has 0 unspecified atom stereocenters. The van der Waals surface area contributed by atoms with Crippen molar-refractivity contribution in [1.82, 2.24) is 24.8 Å². The van der Waals surface area contributed by atoms with Gasteiger partial charge in [-0.15, -0.1) is 0 Å². The highest BCUT2D eigenvalue weighted by Gasteiger charge is 2.42. The predicted octanol–water partition coefficient (Wildman–Crippen LogP) is 4.40. The van der Waals surface area contributed by atoms with Crippen molar-refractivity contribution in [2.24, 2.45) is 5.92 Å². The van der Waals surface area contributed by atoms with Crippen LogP contribution in [-0.2, 0) is 23.8 Å². The number of amides is 1. The molecule has 1 amide bonds. The average Bonchev–Trinajstić information content (AvgIpc) is 3.30. The number of ether oxygens (including phenoxy) is 1. The zero-order chi connectivity index (χ0) is 31.9. The molecule has 0 aromatic carbocycles. The number of halogens is 4. The molecular weight excluding hydrogens is 578 g/mol. The number of aromatic nitrogens is 3. The zero-order valence-electron chi connectivity index (χ0n) is 25.9. The molecule has 2 aromatic heterocycles. The fourth-order valence-corrected chi connectivity index (χ4v) is 6.86. The van der Waals surface area contributed by atoms with Crippen molar-refractivity contribution in [3.8, 4) is 6.01 Å². The number of nitrogens with zero attached hydrogens (tertiary/aromatic N) is 6. The van der Waals surface area contributed by atoms with Crippen LogP contribution in [0.15, 0.2) is 18.7 Å². The third-order valence-electron chi connectivity index (χ3n) is 9.24. The summed E-state index contributed by atoms with van der Waals surface area (Å²) in [6.07, 6.45) is -3.17. The molecule has 13 heteroatoms. The van der Waals surface area contributed by atoms with Crippen molar-refractivity contribution >= 4 is 17.5 Å². The molecule has 3 aliphatic rings. The number of likely N-dealkylation sites (N-methyl/N-ethyl adjacent to an activating group) is 1. The van der Waals surface area contributed by atoms with Gasteiger partial charge in [0.1, 0.15) is 24.4 Å². The van der Waals surface area contributed by atoms with Crippen molar-refractivity contribution < 1.29 is 27.1 Å². The van der Waals surface area contributed by atoms with Crippen molar-refractivity contribution in [1.29, 1.82) is 0 Å². The van der Waals surface area contributed by atoms with E-state index in [4.69, 9.17) is 14.7 Å². The van der Waals surface area contributed by atoms with Crippen LogP contribution in [0.25, 0.3) is 0 Å². The van der Waals surface area contributed by atoms with E-state index in [-0.39, 0.29) is 54.2 Å². The Bertz CT molecular complexity index is 1400.